The summed E-state index contributed by atoms with van der Waals surface area (Å²) in [5.74, 6) is 1.12. The van der Waals surface area contributed by atoms with Gasteiger partial charge in [-0.1, -0.05) is 60.7 Å². The van der Waals surface area contributed by atoms with Gasteiger partial charge in [0, 0.05) is 6.42 Å². The highest BCUT2D eigenvalue weighted by atomic mass is 16.5. The van der Waals surface area contributed by atoms with Gasteiger partial charge in [-0.05, 0) is 23.6 Å². The number of ether oxygens (including phenoxy) is 2. The van der Waals surface area contributed by atoms with Gasteiger partial charge in [-0.3, -0.25) is 0 Å². The van der Waals surface area contributed by atoms with Crippen molar-refractivity contribution >= 4 is 0 Å². The standard InChI is InChI=1S/C20H19O3/c21-18-12-7-13-19(22-14-16-8-3-1-4-9-16)20(18)23-15-17-10-5-2-6-11-17/h1-6,8-13,21H,7,14-15H2. The molecule has 1 radical (unpaired) electrons. The Bertz CT molecular complexity index is 687. The van der Waals surface area contributed by atoms with E-state index in [1.807, 2.05) is 66.7 Å². The van der Waals surface area contributed by atoms with E-state index >= 15 is 0 Å². The first-order chi connectivity index (χ1) is 11.3. The number of aliphatic hydroxyl groups is 1. The molecule has 23 heavy (non-hydrogen) atoms. The van der Waals surface area contributed by atoms with Crippen LogP contribution in [0.5, 0.6) is 0 Å². The molecule has 0 aromatic heterocycles. The minimum Gasteiger partial charge on any atom is -0.508 e. The van der Waals surface area contributed by atoms with E-state index in [0.717, 1.165) is 11.1 Å². The molecule has 0 heterocycles. The van der Waals surface area contributed by atoms with E-state index in [-0.39, 0.29) is 5.76 Å². The Labute approximate surface area is 136 Å². The van der Waals surface area contributed by atoms with Crippen molar-refractivity contribution in [2.45, 2.75) is 19.6 Å². The van der Waals surface area contributed by atoms with Gasteiger partial charge in [-0.15, -0.1) is 0 Å². The fraction of sp³-hybridized carbons (Fsp3) is 0.150. The average Bonchev–Trinajstić information content (AvgIpc) is 2.61. The summed E-state index contributed by atoms with van der Waals surface area (Å²) in [6, 6.07) is 19.8. The summed E-state index contributed by atoms with van der Waals surface area (Å²) in [5, 5.41) is 10.1. The fourth-order valence-electron chi connectivity index (χ4n) is 2.32. The molecule has 3 heteroatoms. The van der Waals surface area contributed by atoms with Gasteiger partial charge in [0.25, 0.3) is 0 Å². The first-order valence-electron chi connectivity index (χ1n) is 7.63. The molecule has 3 rings (SSSR count). The maximum Gasteiger partial charge on any atom is 0.199 e. The molecule has 2 aromatic carbocycles. The summed E-state index contributed by atoms with van der Waals surface area (Å²) in [4.78, 5) is 0. The predicted octanol–water partition coefficient (Wildman–Crippen LogP) is 4.68. The average molecular weight is 307 g/mol. The molecule has 0 amide bonds. The first kappa shape index (κ1) is 15.2. The molecule has 0 atom stereocenters. The predicted molar refractivity (Wildman–Crippen MR) is 89.1 cm³/mol. The molecule has 0 unspecified atom stereocenters. The number of allylic oxidation sites excluding steroid dienone is 2. The zero-order valence-electron chi connectivity index (χ0n) is 12.8. The van der Waals surface area contributed by atoms with Crippen LogP contribution in [0.4, 0.5) is 0 Å². The molecule has 1 aliphatic carbocycles. The second-order valence-corrected chi connectivity index (χ2v) is 5.27. The minimum atomic E-state index is 0.131. The van der Waals surface area contributed by atoms with Crippen LogP contribution in [-0.4, -0.2) is 5.11 Å². The molecule has 2 aromatic rings. The largest absolute Gasteiger partial charge is 0.508 e. The van der Waals surface area contributed by atoms with Crippen molar-refractivity contribution in [1.82, 2.24) is 0 Å². The van der Waals surface area contributed by atoms with Gasteiger partial charge < -0.3 is 14.6 Å². The van der Waals surface area contributed by atoms with Gasteiger partial charge in [0.1, 0.15) is 19.0 Å². The summed E-state index contributed by atoms with van der Waals surface area (Å²) in [6.07, 6.45) is 4.27. The Morgan fingerprint density at radius 3 is 1.96 bits per heavy atom. The summed E-state index contributed by atoms with van der Waals surface area (Å²) in [6.45, 7) is 0.832. The molecular weight excluding hydrogens is 288 g/mol. The van der Waals surface area contributed by atoms with Crippen molar-refractivity contribution in [2.75, 3.05) is 0 Å². The SMILES string of the molecule is OC1=C(OCc2ccccc2)C(OCc2ccccc2)=CC[CH]1. The molecule has 0 fully saturated rings. The lowest BCUT2D eigenvalue weighted by molar-refractivity contribution is 0.122. The quantitative estimate of drug-likeness (QED) is 0.842. The Morgan fingerprint density at radius 1 is 0.783 bits per heavy atom. The topological polar surface area (TPSA) is 38.7 Å². The molecule has 0 bridgehead atoms. The highest BCUT2D eigenvalue weighted by Gasteiger charge is 2.19. The number of benzene rings is 2. The van der Waals surface area contributed by atoms with E-state index in [2.05, 4.69) is 0 Å². The van der Waals surface area contributed by atoms with E-state index in [1.165, 1.54) is 0 Å². The maximum atomic E-state index is 10.1. The van der Waals surface area contributed by atoms with Gasteiger partial charge in [-0.2, -0.15) is 0 Å². The van der Waals surface area contributed by atoms with E-state index in [4.69, 9.17) is 9.47 Å². The first-order valence-corrected chi connectivity index (χ1v) is 7.63. The van der Waals surface area contributed by atoms with E-state index in [0.29, 0.717) is 31.2 Å². The highest BCUT2D eigenvalue weighted by molar-refractivity contribution is 5.32. The number of aliphatic hydroxyl groups excluding tert-OH is 1. The Morgan fingerprint density at radius 2 is 1.35 bits per heavy atom. The Kier molecular flexibility index (Phi) is 4.99. The third-order valence-electron chi connectivity index (χ3n) is 3.53. The summed E-state index contributed by atoms with van der Waals surface area (Å²) >= 11 is 0. The van der Waals surface area contributed by atoms with Gasteiger partial charge >= 0.3 is 0 Å². The van der Waals surface area contributed by atoms with Crippen LogP contribution >= 0.6 is 0 Å². The maximum absolute atomic E-state index is 10.1. The van der Waals surface area contributed by atoms with Crippen LogP contribution in [-0.2, 0) is 22.7 Å². The van der Waals surface area contributed by atoms with Crippen molar-refractivity contribution in [3.8, 4) is 0 Å². The molecule has 117 valence electrons. The fourth-order valence-corrected chi connectivity index (χ4v) is 2.32. The van der Waals surface area contributed by atoms with Crippen LogP contribution in [0.3, 0.4) is 0 Å². The summed E-state index contributed by atoms with van der Waals surface area (Å²) in [5.41, 5.74) is 2.12. The molecule has 0 aliphatic heterocycles. The van der Waals surface area contributed by atoms with Gasteiger partial charge in [0.05, 0.1) is 0 Å². The van der Waals surface area contributed by atoms with Gasteiger partial charge in [-0.25, -0.2) is 0 Å². The summed E-state index contributed by atoms with van der Waals surface area (Å²) in [7, 11) is 0. The van der Waals surface area contributed by atoms with Crippen molar-refractivity contribution in [3.63, 3.8) is 0 Å². The number of hydrogen-bond acceptors (Lipinski definition) is 3. The third kappa shape index (κ3) is 4.16. The van der Waals surface area contributed by atoms with E-state index in [1.54, 1.807) is 6.42 Å². The number of hydrogen-bond donors (Lipinski definition) is 1. The third-order valence-corrected chi connectivity index (χ3v) is 3.53. The zero-order valence-corrected chi connectivity index (χ0v) is 12.8. The van der Waals surface area contributed by atoms with Crippen molar-refractivity contribution < 1.29 is 14.6 Å². The monoisotopic (exact) mass is 307 g/mol. The Balaban J connectivity index is 1.65. The molecular formula is C20H19O3. The molecule has 0 saturated heterocycles. The lowest BCUT2D eigenvalue weighted by atomic mass is 10.1. The van der Waals surface area contributed by atoms with Gasteiger partial charge in [0.2, 0.25) is 0 Å². The number of rotatable bonds is 6. The highest BCUT2D eigenvalue weighted by Crippen LogP contribution is 2.26. The second kappa shape index (κ2) is 7.54. The van der Waals surface area contributed by atoms with E-state index in [9.17, 15) is 5.11 Å². The van der Waals surface area contributed by atoms with Crippen molar-refractivity contribution in [2.24, 2.45) is 0 Å². The molecule has 0 spiro atoms. The molecule has 1 aliphatic rings. The molecule has 3 nitrogen and oxygen atoms in total. The van der Waals surface area contributed by atoms with E-state index < -0.39 is 0 Å². The van der Waals surface area contributed by atoms with Gasteiger partial charge in [0.15, 0.2) is 11.5 Å². The smallest absolute Gasteiger partial charge is 0.199 e. The lowest BCUT2D eigenvalue weighted by Crippen LogP contribution is -2.09. The lowest BCUT2D eigenvalue weighted by Gasteiger charge is -2.20. The van der Waals surface area contributed by atoms with Crippen LogP contribution in [0.1, 0.15) is 17.5 Å². The minimum absolute atomic E-state index is 0.131. The van der Waals surface area contributed by atoms with Crippen LogP contribution in [0.2, 0.25) is 0 Å². The normalized spacial score (nSPS) is 14.3. The second-order valence-electron chi connectivity index (χ2n) is 5.27. The van der Waals surface area contributed by atoms with Crippen LogP contribution in [0.15, 0.2) is 84.0 Å². The van der Waals surface area contributed by atoms with Crippen molar-refractivity contribution in [3.05, 3.63) is 102 Å². The van der Waals surface area contributed by atoms with Crippen molar-refractivity contribution in [1.29, 1.82) is 0 Å². The molecule has 0 saturated carbocycles. The van der Waals surface area contributed by atoms with Crippen LogP contribution < -0.4 is 0 Å². The zero-order chi connectivity index (χ0) is 15.9. The van der Waals surface area contributed by atoms with Crippen LogP contribution in [0.25, 0.3) is 0 Å². The summed E-state index contributed by atoms with van der Waals surface area (Å²) < 4.78 is 11.6. The molecule has 1 N–H and O–H groups in total. The Hall–Kier alpha value is -2.68. The van der Waals surface area contributed by atoms with Crippen LogP contribution in [0, 0.1) is 6.42 Å².